The molecule has 24 heavy (non-hydrogen) atoms. The van der Waals surface area contributed by atoms with Gasteiger partial charge >= 0.3 is 0 Å². The molecule has 2 aromatic rings. The zero-order chi connectivity index (χ0) is 18.0. The summed E-state index contributed by atoms with van der Waals surface area (Å²) >= 11 is 0. The fourth-order valence-corrected chi connectivity index (χ4v) is 3.48. The smallest absolute Gasteiger partial charge is 0.261 e. The lowest BCUT2D eigenvalue weighted by atomic mass is 10.3. The highest BCUT2D eigenvalue weighted by Gasteiger charge is 2.16. The molecule has 0 unspecified atom stereocenters. The molecule has 2 rings (SSSR count). The summed E-state index contributed by atoms with van der Waals surface area (Å²) in [6.45, 7) is 1.34. The van der Waals surface area contributed by atoms with Gasteiger partial charge in [0.25, 0.3) is 10.0 Å². The lowest BCUT2D eigenvalue weighted by molar-refractivity contribution is -0.114. The minimum Gasteiger partial charge on any atom is -0.326 e. The monoisotopic (exact) mass is 369 g/mol. The van der Waals surface area contributed by atoms with Gasteiger partial charge in [0.15, 0.2) is 0 Å². The van der Waals surface area contributed by atoms with Crippen LogP contribution in [0.3, 0.4) is 0 Å². The molecular weight excluding hydrogens is 354 g/mol. The van der Waals surface area contributed by atoms with E-state index in [-0.39, 0.29) is 21.4 Å². The number of amides is 1. The van der Waals surface area contributed by atoms with E-state index in [9.17, 15) is 21.6 Å². The van der Waals surface area contributed by atoms with Crippen molar-refractivity contribution < 1.29 is 21.6 Å². The maximum Gasteiger partial charge on any atom is 0.261 e. The molecule has 0 saturated carbocycles. The average molecular weight is 369 g/mol. The summed E-state index contributed by atoms with van der Waals surface area (Å²) in [4.78, 5) is 10.7. The van der Waals surface area contributed by atoms with Crippen LogP contribution in [-0.2, 0) is 24.8 Å². The summed E-state index contributed by atoms with van der Waals surface area (Å²) in [6.07, 6.45) is 0. The molecule has 10 heteroatoms. The van der Waals surface area contributed by atoms with Gasteiger partial charge in [0.05, 0.1) is 15.5 Å². The van der Waals surface area contributed by atoms with E-state index in [1.165, 1.54) is 49.4 Å². The van der Waals surface area contributed by atoms with Crippen LogP contribution in [0.25, 0.3) is 0 Å². The van der Waals surface area contributed by atoms with Crippen molar-refractivity contribution in [1.82, 2.24) is 0 Å². The van der Waals surface area contributed by atoms with Gasteiger partial charge in [-0.05, 0) is 42.5 Å². The number of carbonyl (C=O) groups is 1. The van der Waals surface area contributed by atoms with Gasteiger partial charge in [-0.3, -0.25) is 9.52 Å². The van der Waals surface area contributed by atoms with Crippen LogP contribution in [-0.4, -0.2) is 22.7 Å². The first-order valence-corrected chi connectivity index (χ1v) is 9.64. The zero-order valence-corrected chi connectivity index (χ0v) is 14.2. The third kappa shape index (κ3) is 4.54. The summed E-state index contributed by atoms with van der Waals surface area (Å²) < 4.78 is 49.5. The van der Waals surface area contributed by atoms with Gasteiger partial charge in [0.2, 0.25) is 15.9 Å². The number of hydrogen-bond acceptors (Lipinski definition) is 5. The Balaban J connectivity index is 2.27. The predicted octanol–water partition coefficient (Wildman–Crippen LogP) is 1.09. The van der Waals surface area contributed by atoms with E-state index in [0.717, 1.165) is 6.07 Å². The molecule has 4 N–H and O–H groups in total. The second kappa shape index (κ2) is 6.59. The minimum absolute atomic E-state index is 0.0439. The summed E-state index contributed by atoms with van der Waals surface area (Å²) in [5.41, 5.74) is 0.519. The van der Waals surface area contributed by atoms with Gasteiger partial charge in [-0.25, -0.2) is 22.0 Å². The van der Waals surface area contributed by atoms with Gasteiger partial charge < -0.3 is 5.32 Å². The molecule has 8 nitrogen and oxygen atoms in total. The van der Waals surface area contributed by atoms with Crippen molar-refractivity contribution in [3.63, 3.8) is 0 Å². The summed E-state index contributed by atoms with van der Waals surface area (Å²) in [7, 11) is -7.86. The van der Waals surface area contributed by atoms with Gasteiger partial charge in [0, 0.05) is 12.6 Å². The molecule has 128 valence electrons. The van der Waals surface area contributed by atoms with Crippen molar-refractivity contribution >= 4 is 37.3 Å². The van der Waals surface area contributed by atoms with Crippen LogP contribution in [0.15, 0.2) is 58.3 Å². The number of benzene rings is 2. The van der Waals surface area contributed by atoms with Gasteiger partial charge in [-0.2, -0.15) is 0 Å². The lowest BCUT2D eigenvalue weighted by Gasteiger charge is -2.10. The number of hydrogen-bond donors (Lipinski definition) is 3. The Hall–Kier alpha value is -2.43. The molecule has 0 atom stereocenters. The Morgan fingerprint density at radius 3 is 2.08 bits per heavy atom. The topological polar surface area (TPSA) is 135 Å². The van der Waals surface area contributed by atoms with E-state index >= 15 is 0 Å². The second-order valence-corrected chi connectivity index (χ2v) is 8.13. The molecule has 0 radical (unpaired) electrons. The number of anilines is 2. The third-order valence-corrected chi connectivity index (χ3v) is 5.21. The Kier molecular flexibility index (Phi) is 4.92. The Morgan fingerprint density at radius 2 is 1.54 bits per heavy atom. The van der Waals surface area contributed by atoms with E-state index in [4.69, 9.17) is 5.14 Å². The van der Waals surface area contributed by atoms with E-state index < -0.39 is 20.0 Å². The van der Waals surface area contributed by atoms with Gasteiger partial charge in [-0.15, -0.1) is 0 Å². The minimum atomic E-state index is -3.94. The van der Waals surface area contributed by atoms with Crippen molar-refractivity contribution in [1.29, 1.82) is 0 Å². The van der Waals surface area contributed by atoms with Crippen LogP contribution in [0, 0.1) is 0 Å². The molecule has 0 aliphatic carbocycles. The zero-order valence-electron chi connectivity index (χ0n) is 12.6. The Labute approximate surface area is 139 Å². The number of carbonyl (C=O) groups excluding carboxylic acids is 1. The summed E-state index contributed by atoms with van der Waals surface area (Å²) in [5.74, 6) is -0.274. The fourth-order valence-electron chi connectivity index (χ4n) is 1.87. The number of rotatable bonds is 5. The molecule has 0 spiro atoms. The first-order valence-electron chi connectivity index (χ1n) is 6.61. The lowest BCUT2D eigenvalue weighted by Crippen LogP contribution is -2.15. The predicted molar refractivity (Wildman–Crippen MR) is 89.4 cm³/mol. The van der Waals surface area contributed by atoms with E-state index in [1.807, 2.05) is 0 Å². The largest absolute Gasteiger partial charge is 0.326 e. The number of nitrogens with one attached hydrogen (secondary N) is 2. The van der Waals surface area contributed by atoms with Gasteiger partial charge in [0.1, 0.15) is 0 Å². The van der Waals surface area contributed by atoms with Crippen molar-refractivity contribution in [2.24, 2.45) is 5.14 Å². The highest BCUT2D eigenvalue weighted by atomic mass is 32.2. The number of primary sulfonamides is 1. The van der Waals surface area contributed by atoms with E-state index in [0.29, 0.717) is 5.69 Å². The van der Waals surface area contributed by atoms with Crippen molar-refractivity contribution in [3.8, 4) is 0 Å². The molecule has 1 amide bonds. The first-order chi connectivity index (χ1) is 11.1. The van der Waals surface area contributed by atoms with Crippen molar-refractivity contribution in [2.45, 2.75) is 16.7 Å². The third-order valence-electron chi connectivity index (χ3n) is 2.90. The molecule has 0 heterocycles. The molecule has 0 bridgehead atoms. The Morgan fingerprint density at radius 1 is 0.917 bits per heavy atom. The molecular formula is C14H15N3O5S2. The average Bonchev–Trinajstić information content (AvgIpc) is 2.46. The summed E-state index contributed by atoms with van der Waals surface area (Å²) in [6, 6.07) is 10.7. The van der Waals surface area contributed by atoms with E-state index in [1.54, 1.807) is 0 Å². The van der Waals surface area contributed by atoms with Crippen molar-refractivity contribution in [3.05, 3.63) is 48.5 Å². The molecule has 0 saturated heterocycles. The normalized spacial score (nSPS) is 11.8. The summed E-state index contributed by atoms with van der Waals surface area (Å²) in [5, 5.41) is 7.54. The highest BCUT2D eigenvalue weighted by Crippen LogP contribution is 2.20. The molecule has 0 aliphatic rings. The Bertz CT molecular complexity index is 968. The molecule has 0 aliphatic heterocycles. The number of sulfonamides is 2. The van der Waals surface area contributed by atoms with Crippen LogP contribution in [0.1, 0.15) is 6.92 Å². The van der Waals surface area contributed by atoms with E-state index in [2.05, 4.69) is 10.0 Å². The van der Waals surface area contributed by atoms with Crippen LogP contribution in [0.5, 0.6) is 0 Å². The standard InChI is InChI=1S/C14H15N3O5S2/c1-10(18)16-11-5-7-13(8-6-11)24(21,22)17-12-3-2-4-14(9-12)23(15,19)20/h2-9,17H,1H3,(H,16,18)(H2,15,19,20). The van der Waals surface area contributed by atoms with Crippen LogP contribution in [0.4, 0.5) is 11.4 Å². The van der Waals surface area contributed by atoms with Crippen molar-refractivity contribution in [2.75, 3.05) is 10.0 Å². The maximum atomic E-state index is 12.3. The molecule has 0 aromatic heterocycles. The fraction of sp³-hybridized carbons (Fsp3) is 0.0714. The van der Waals surface area contributed by atoms with Crippen LogP contribution < -0.4 is 15.2 Å². The van der Waals surface area contributed by atoms with Gasteiger partial charge in [-0.1, -0.05) is 6.07 Å². The SMILES string of the molecule is CC(=O)Nc1ccc(S(=O)(=O)Nc2cccc(S(N)(=O)=O)c2)cc1. The first kappa shape index (κ1) is 17.9. The maximum absolute atomic E-state index is 12.3. The number of nitrogens with two attached hydrogens (primary N) is 1. The highest BCUT2D eigenvalue weighted by molar-refractivity contribution is 7.92. The quantitative estimate of drug-likeness (QED) is 0.725. The molecule has 2 aromatic carbocycles. The molecule has 0 fully saturated rings. The van der Waals surface area contributed by atoms with Crippen LogP contribution in [0.2, 0.25) is 0 Å². The second-order valence-electron chi connectivity index (χ2n) is 4.88. The van der Waals surface area contributed by atoms with Crippen LogP contribution >= 0.6 is 0 Å².